The number of benzene rings is 4. The molecular formula is C27H21ClN2O3. The molecule has 4 aromatic rings. The first-order chi connectivity index (χ1) is 16.1. The van der Waals surface area contributed by atoms with Crippen LogP contribution in [0.15, 0.2) is 91.0 Å². The molecule has 4 aromatic carbocycles. The lowest BCUT2D eigenvalue weighted by atomic mass is 10.1. The van der Waals surface area contributed by atoms with Crippen LogP contribution in [0.1, 0.15) is 6.42 Å². The van der Waals surface area contributed by atoms with Crippen molar-refractivity contribution in [2.45, 2.75) is 6.42 Å². The molecule has 5 rings (SSSR count). The Bertz CT molecular complexity index is 1330. The smallest absolute Gasteiger partial charge is 0.229 e. The van der Waals surface area contributed by atoms with Gasteiger partial charge in [0.05, 0.1) is 16.6 Å². The van der Waals surface area contributed by atoms with E-state index in [1.165, 1.54) is 0 Å². The summed E-state index contributed by atoms with van der Waals surface area (Å²) in [7, 11) is 0. The number of anilines is 2. The lowest BCUT2D eigenvalue weighted by molar-refractivity contribution is -0.122. The molecule has 1 fully saturated rings. The number of halogens is 1. The maximum absolute atomic E-state index is 12.8. The zero-order valence-corrected chi connectivity index (χ0v) is 18.5. The predicted molar refractivity (Wildman–Crippen MR) is 131 cm³/mol. The van der Waals surface area contributed by atoms with Gasteiger partial charge in [-0.3, -0.25) is 9.59 Å². The van der Waals surface area contributed by atoms with Gasteiger partial charge >= 0.3 is 0 Å². The second kappa shape index (κ2) is 8.96. The molecule has 0 aliphatic carbocycles. The molecule has 0 aromatic heterocycles. The fraction of sp³-hybridized carbons (Fsp3) is 0.111. The summed E-state index contributed by atoms with van der Waals surface area (Å²) in [6.45, 7) is 0.302. The SMILES string of the molecule is O=C(Nc1ccc(Oc2cccc3ccccc23)cc1)[C@H]1CC(=O)N(c2ccccc2Cl)C1. The Labute approximate surface area is 196 Å². The molecule has 6 heteroatoms. The van der Waals surface area contributed by atoms with E-state index in [9.17, 15) is 9.59 Å². The van der Waals surface area contributed by atoms with E-state index in [2.05, 4.69) is 5.32 Å². The van der Waals surface area contributed by atoms with E-state index in [4.69, 9.17) is 16.3 Å². The van der Waals surface area contributed by atoms with E-state index in [1.54, 1.807) is 29.2 Å². The lowest BCUT2D eigenvalue weighted by Gasteiger charge is -2.18. The average Bonchev–Trinajstić information content (AvgIpc) is 3.22. The van der Waals surface area contributed by atoms with Crippen molar-refractivity contribution in [3.05, 3.63) is 96.0 Å². The fourth-order valence-electron chi connectivity index (χ4n) is 4.05. The molecule has 1 atom stereocenters. The van der Waals surface area contributed by atoms with Crippen LogP contribution < -0.4 is 15.0 Å². The van der Waals surface area contributed by atoms with Crippen molar-refractivity contribution < 1.29 is 14.3 Å². The molecule has 1 aliphatic rings. The zero-order valence-electron chi connectivity index (χ0n) is 17.7. The quantitative estimate of drug-likeness (QED) is 0.384. The third-order valence-corrected chi connectivity index (χ3v) is 6.06. The molecule has 0 saturated carbocycles. The molecule has 0 bridgehead atoms. The molecule has 5 nitrogen and oxygen atoms in total. The first-order valence-electron chi connectivity index (χ1n) is 10.7. The van der Waals surface area contributed by atoms with Crippen molar-refractivity contribution in [1.82, 2.24) is 0 Å². The topological polar surface area (TPSA) is 58.6 Å². The summed E-state index contributed by atoms with van der Waals surface area (Å²) >= 11 is 6.23. The molecule has 1 heterocycles. The van der Waals surface area contributed by atoms with Gasteiger partial charge in [0.15, 0.2) is 0 Å². The molecule has 2 amide bonds. The minimum atomic E-state index is -0.444. The molecule has 164 valence electrons. The van der Waals surface area contributed by atoms with E-state index in [-0.39, 0.29) is 18.2 Å². The molecular weight excluding hydrogens is 436 g/mol. The standard InChI is InChI=1S/C27H21ClN2O3/c28-23-9-3-4-10-24(23)30-17-19(16-26(30)31)27(32)29-20-12-14-21(15-13-20)33-25-11-5-7-18-6-1-2-8-22(18)25/h1-15,19H,16-17H2,(H,29,32)/t19-/m0/s1. The summed E-state index contributed by atoms with van der Waals surface area (Å²) in [6.07, 6.45) is 0.152. The number of para-hydroxylation sites is 1. The van der Waals surface area contributed by atoms with Gasteiger partial charge < -0.3 is 15.0 Å². The number of amides is 2. The highest BCUT2D eigenvalue weighted by molar-refractivity contribution is 6.33. The minimum absolute atomic E-state index is 0.109. The fourth-order valence-corrected chi connectivity index (χ4v) is 4.29. The number of fused-ring (bicyclic) bond motifs is 1. The monoisotopic (exact) mass is 456 g/mol. The molecule has 0 unspecified atom stereocenters. The first kappa shape index (κ1) is 21.0. The second-order valence-electron chi connectivity index (χ2n) is 7.95. The Hall–Kier alpha value is -3.83. The number of rotatable bonds is 5. The highest BCUT2D eigenvalue weighted by Gasteiger charge is 2.35. The first-order valence-corrected chi connectivity index (χ1v) is 11.1. The predicted octanol–water partition coefficient (Wildman–Crippen LogP) is 6.28. The van der Waals surface area contributed by atoms with Crippen LogP contribution in [-0.4, -0.2) is 18.4 Å². The van der Waals surface area contributed by atoms with Crippen LogP contribution in [0.5, 0.6) is 11.5 Å². The largest absolute Gasteiger partial charge is 0.457 e. The third kappa shape index (κ3) is 4.41. The summed E-state index contributed by atoms with van der Waals surface area (Å²) < 4.78 is 6.06. The number of carbonyl (C=O) groups excluding carboxylic acids is 2. The summed E-state index contributed by atoms with van der Waals surface area (Å²) in [5, 5.41) is 5.54. The Morgan fingerprint density at radius 1 is 0.909 bits per heavy atom. The summed E-state index contributed by atoms with van der Waals surface area (Å²) in [4.78, 5) is 26.8. The van der Waals surface area contributed by atoms with Gasteiger partial charge in [-0.15, -0.1) is 0 Å². The summed E-state index contributed by atoms with van der Waals surface area (Å²) in [5.41, 5.74) is 1.28. The van der Waals surface area contributed by atoms with Gasteiger partial charge in [0.1, 0.15) is 11.5 Å². The van der Waals surface area contributed by atoms with Crippen molar-refractivity contribution in [1.29, 1.82) is 0 Å². The number of nitrogens with zero attached hydrogens (tertiary/aromatic N) is 1. The number of carbonyl (C=O) groups is 2. The van der Waals surface area contributed by atoms with Gasteiger partial charge in [0.2, 0.25) is 11.8 Å². The molecule has 0 radical (unpaired) electrons. The second-order valence-corrected chi connectivity index (χ2v) is 8.36. The van der Waals surface area contributed by atoms with Gasteiger partial charge in [-0.1, -0.05) is 60.1 Å². The van der Waals surface area contributed by atoms with Crippen LogP contribution in [0.25, 0.3) is 10.8 Å². The average molecular weight is 457 g/mol. The molecule has 33 heavy (non-hydrogen) atoms. The van der Waals surface area contributed by atoms with E-state index >= 15 is 0 Å². The van der Waals surface area contributed by atoms with Gasteiger partial charge in [0, 0.05) is 24.0 Å². The van der Waals surface area contributed by atoms with Crippen LogP contribution in [0.3, 0.4) is 0 Å². The molecule has 0 spiro atoms. The minimum Gasteiger partial charge on any atom is -0.457 e. The van der Waals surface area contributed by atoms with Crippen LogP contribution in [0.2, 0.25) is 5.02 Å². The molecule has 1 aliphatic heterocycles. The number of hydrogen-bond acceptors (Lipinski definition) is 3. The van der Waals surface area contributed by atoms with E-state index in [0.29, 0.717) is 28.7 Å². The maximum atomic E-state index is 12.8. The highest BCUT2D eigenvalue weighted by Crippen LogP contribution is 2.32. The molecule has 1 saturated heterocycles. The van der Waals surface area contributed by atoms with E-state index in [0.717, 1.165) is 16.5 Å². The van der Waals surface area contributed by atoms with Crippen LogP contribution in [0, 0.1) is 5.92 Å². The van der Waals surface area contributed by atoms with Crippen LogP contribution in [0.4, 0.5) is 11.4 Å². The number of nitrogens with one attached hydrogen (secondary N) is 1. The van der Waals surface area contributed by atoms with Gasteiger partial charge in [0.25, 0.3) is 0 Å². The van der Waals surface area contributed by atoms with E-state index in [1.807, 2.05) is 66.7 Å². The van der Waals surface area contributed by atoms with Crippen molar-refractivity contribution in [2.24, 2.45) is 5.92 Å². The van der Waals surface area contributed by atoms with Crippen LogP contribution in [-0.2, 0) is 9.59 Å². The third-order valence-electron chi connectivity index (χ3n) is 5.74. The Balaban J connectivity index is 1.24. The van der Waals surface area contributed by atoms with Gasteiger partial charge in [-0.25, -0.2) is 0 Å². The van der Waals surface area contributed by atoms with Gasteiger partial charge in [-0.05, 0) is 47.9 Å². The highest BCUT2D eigenvalue weighted by atomic mass is 35.5. The van der Waals surface area contributed by atoms with Crippen LogP contribution >= 0.6 is 11.6 Å². The maximum Gasteiger partial charge on any atom is 0.229 e. The molecule has 1 N–H and O–H groups in total. The zero-order chi connectivity index (χ0) is 22.8. The van der Waals surface area contributed by atoms with Crippen molar-refractivity contribution >= 4 is 45.6 Å². The summed E-state index contributed by atoms with van der Waals surface area (Å²) in [6, 6.07) is 28.3. The normalized spacial score (nSPS) is 15.6. The number of hydrogen-bond donors (Lipinski definition) is 1. The van der Waals surface area contributed by atoms with Gasteiger partial charge in [-0.2, -0.15) is 0 Å². The summed E-state index contributed by atoms with van der Waals surface area (Å²) in [5.74, 6) is 0.697. The Morgan fingerprint density at radius 2 is 1.64 bits per heavy atom. The van der Waals surface area contributed by atoms with Crippen molar-refractivity contribution in [2.75, 3.05) is 16.8 Å². The number of ether oxygens (including phenoxy) is 1. The lowest BCUT2D eigenvalue weighted by Crippen LogP contribution is -2.28. The Morgan fingerprint density at radius 3 is 2.45 bits per heavy atom. The van der Waals surface area contributed by atoms with Crippen molar-refractivity contribution in [3.63, 3.8) is 0 Å². The van der Waals surface area contributed by atoms with Crippen molar-refractivity contribution in [3.8, 4) is 11.5 Å². The van der Waals surface area contributed by atoms with E-state index < -0.39 is 5.92 Å². The Kier molecular flexibility index (Phi) is 5.71.